The number of hydrogen-bond donors (Lipinski definition) is 1. The van der Waals surface area contributed by atoms with E-state index < -0.39 is 24.7 Å². The monoisotopic (exact) mass is 348 g/mol. The van der Waals surface area contributed by atoms with Crippen molar-refractivity contribution in [2.75, 3.05) is 6.54 Å². The van der Waals surface area contributed by atoms with E-state index in [0.29, 0.717) is 11.4 Å². The highest BCUT2D eigenvalue weighted by atomic mass is 35.5. The normalized spacial score (nSPS) is 22.9. The number of carbonyl (C=O) groups is 1. The van der Waals surface area contributed by atoms with Gasteiger partial charge >= 0.3 is 6.18 Å². The number of hydrogen-bond acceptors (Lipinski definition) is 2. The zero-order valence-corrected chi connectivity index (χ0v) is 13.8. The second-order valence-corrected chi connectivity index (χ2v) is 6.40. The van der Waals surface area contributed by atoms with E-state index in [0.717, 1.165) is 16.9 Å². The van der Waals surface area contributed by atoms with Gasteiger partial charge in [0, 0.05) is 30.1 Å². The standard InChI is InChI=1S/C16H20ClF3N2O/c1-10(22(11(2)23)9-16(18,19)20)14-6-7-15(21-14)12-4-3-5-13(17)8-12/h3-5,8,10,14-15,21H,6-7,9H2,1-2H3/t10-,14+,15-/m0/s1. The molecule has 1 heterocycles. The summed E-state index contributed by atoms with van der Waals surface area (Å²) in [6, 6.07) is 6.76. The van der Waals surface area contributed by atoms with Gasteiger partial charge in [0.25, 0.3) is 0 Å². The molecule has 0 aliphatic carbocycles. The molecule has 0 aromatic heterocycles. The molecular formula is C16H20ClF3N2O. The maximum atomic E-state index is 12.7. The molecule has 1 aromatic rings. The van der Waals surface area contributed by atoms with E-state index in [1.807, 2.05) is 18.2 Å². The number of carbonyl (C=O) groups excluding carboxylic acids is 1. The van der Waals surface area contributed by atoms with Crippen LogP contribution in [0, 0.1) is 0 Å². The first-order chi connectivity index (χ1) is 10.7. The van der Waals surface area contributed by atoms with Crippen LogP contribution < -0.4 is 5.32 Å². The second-order valence-electron chi connectivity index (χ2n) is 5.96. The van der Waals surface area contributed by atoms with E-state index in [1.54, 1.807) is 13.0 Å². The maximum Gasteiger partial charge on any atom is 0.406 e. The van der Waals surface area contributed by atoms with E-state index in [-0.39, 0.29) is 12.1 Å². The molecule has 2 rings (SSSR count). The molecule has 1 aromatic carbocycles. The van der Waals surface area contributed by atoms with E-state index in [2.05, 4.69) is 5.32 Å². The van der Waals surface area contributed by atoms with Crippen LogP contribution in [0.3, 0.4) is 0 Å². The number of nitrogens with one attached hydrogen (secondary N) is 1. The minimum atomic E-state index is -4.40. The van der Waals surface area contributed by atoms with Gasteiger partial charge in [0.05, 0.1) is 0 Å². The van der Waals surface area contributed by atoms with Crippen molar-refractivity contribution in [3.05, 3.63) is 34.9 Å². The average molecular weight is 349 g/mol. The summed E-state index contributed by atoms with van der Waals surface area (Å²) < 4.78 is 38.0. The van der Waals surface area contributed by atoms with E-state index >= 15 is 0 Å². The summed E-state index contributed by atoms with van der Waals surface area (Å²) in [4.78, 5) is 12.5. The van der Waals surface area contributed by atoms with Crippen LogP contribution in [0.2, 0.25) is 5.02 Å². The molecule has 0 radical (unpaired) electrons. The zero-order valence-electron chi connectivity index (χ0n) is 13.0. The van der Waals surface area contributed by atoms with Gasteiger partial charge in [-0.25, -0.2) is 0 Å². The molecule has 3 atom stereocenters. The Morgan fingerprint density at radius 3 is 2.70 bits per heavy atom. The van der Waals surface area contributed by atoms with Crippen molar-refractivity contribution in [2.24, 2.45) is 0 Å². The summed E-state index contributed by atoms with van der Waals surface area (Å²) in [5.41, 5.74) is 1.01. The fraction of sp³-hybridized carbons (Fsp3) is 0.562. The fourth-order valence-electron chi connectivity index (χ4n) is 3.09. The van der Waals surface area contributed by atoms with Crippen LogP contribution in [0.4, 0.5) is 13.2 Å². The lowest BCUT2D eigenvalue weighted by Crippen LogP contribution is -2.51. The highest BCUT2D eigenvalue weighted by molar-refractivity contribution is 6.30. The molecule has 7 heteroatoms. The molecule has 0 bridgehead atoms. The minimum absolute atomic E-state index is 0.0424. The van der Waals surface area contributed by atoms with Gasteiger partial charge in [0.1, 0.15) is 6.54 Å². The van der Waals surface area contributed by atoms with Crippen LogP contribution >= 0.6 is 11.6 Å². The van der Waals surface area contributed by atoms with Crippen LogP contribution in [0.15, 0.2) is 24.3 Å². The Hall–Kier alpha value is -1.27. The Morgan fingerprint density at radius 2 is 2.13 bits per heavy atom. The molecule has 3 nitrogen and oxygen atoms in total. The number of nitrogens with zero attached hydrogens (tertiary/aromatic N) is 1. The number of rotatable bonds is 4. The highest BCUT2D eigenvalue weighted by Crippen LogP contribution is 2.31. The number of halogens is 4. The van der Waals surface area contributed by atoms with Gasteiger partial charge in [-0.1, -0.05) is 23.7 Å². The van der Waals surface area contributed by atoms with Gasteiger partial charge in [0.2, 0.25) is 5.91 Å². The van der Waals surface area contributed by atoms with Crippen LogP contribution in [-0.2, 0) is 4.79 Å². The van der Waals surface area contributed by atoms with Crippen LogP contribution in [0.5, 0.6) is 0 Å². The first-order valence-electron chi connectivity index (χ1n) is 7.53. The summed E-state index contributed by atoms with van der Waals surface area (Å²) in [7, 11) is 0. The highest BCUT2D eigenvalue weighted by Gasteiger charge is 2.38. The lowest BCUT2D eigenvalue weighted by atomic mass is 10.0. The Kier molecular flexibility index (Phi) is 5.57. The Labute approximate surface area is 138 Å². The topological polar surface area (TPSA) is 32.3 Å². The van der Waals surface area contributed by atoms with Gasteiger partial charge in [-0.15, -0.1) is 0 Å². The molecule has 0 saturated carbocycles. The third-order valence-corrected chi connectivity index (χ3v) is 4.50. The van der Waals surface area contributed by atoms with Crippen molar-refractivity contribution in [3.63, 3.8) is 0 Å². The number of amides is 1. The third-order valence-electron chi connectivity index (χ3n) is 4.26. The van der Waals surface area contributed by atoms with Crippen LogP contribution in [-0.4, -0.2) is 35.6 Å². The summed E-state index contributed by atoms with van der Waals surface area (Å²) in [5.74, 6) is -0.567. The molecule has 1 saturated heterocycles. The number of benzene rings is 1. The third kappa shape index (κ3) is 4.85. The van der Waals surface area contributed by atoms with Crippen molar-refractivity contribution in [3.8, 4) is 0 Å². The van der Waals surface area contributed by atoms with Crippen molar-refractivity contribution < 1.29 is 18.0 Å². The lowest BCUT2D eigenvalue weighted by molar-refractivity contribution is -0.164. The largest absolute Gasteiger partial charge is 0.406 e. The molecule has 0 unspecified atom stereocenters. The first-order valence-corrected chi connectivity index (χ1v) is 7.90. The lowest BCUT2D eigenvalue weighted by Gasteiger charge is -2.33. The summed E-state index contributed by atoms with van der Waals surface area (Å²) >= 11 is 5.98. The Balaban J connectivity index is 2.05. The molecular weight excluding hydrogens is 329 g/mol. The van der Waals surface area contributed by atoms with Crippen molar-refractivity contribution in [1.29, 1.82) is 0 Å². The summed E-state index contributed by atoms with van der Waals surface area (Å²) in [5, 5.41) is 3.96. The van der Waals surface area contributed by atoms with E-state index in [1.165, 1.54) is 6.92 Å². The summed E-state index contributed by atoms with van der Waals surface area (Å²) in [6.07, 6.45) is -2.89. The average Bonchev–Trinajstić information content (AvgIpc) is 2.92. The van der Waals surface area contributed by atoms with E-state index in [9.17, 15) is 18.0 Å². The van der Waals surface area contributed by atoms with Crippen molar-refractivity contribution >= 4 is 17.5 Å². The predicted molar refractivity (Wildman–Crippen MR) is 83.3 cm³/mol. The molecule has 1 aliphatic heterocycles. The van der Waals surface area contributed by atoms with Crippen LogP contribution in [0.25, 0.3) is 0 Å². The Bertz CT molecular complexity index is 565. The predicted octanol–water partition coefficient (Wildman–Crippen LogP) is 3.93. The fourth-order valence-corrected chi connectivity index (χ4v) is 3.29. The van der Waals surface area contributed by atoms with Gasteiger partial charge in [-0.3, -0.25) is 4.79 Å². The molecule has 23 heavy (non-hydrogen) atoms. The quantitative estimate of drug-likeness (QED) is 0.894. The zero-order chi connectivity index (χ0) is 17.2. The maximum absolute atomic E-state index is 12.7. The smallest absolute Gasteiger partial charge is 0.330 e. The molecule has 1 N–H and O–H groups in total. The molecule has 1 aliphatic rings. The van der Waals surface area contributed by atoms with E-state index in [4.69, 9.17) is 11.6 Å². The molecule has 0 spiro atoms. The van der Waals surface area contributed by atoms with Gasteiger partial charge in [0.15, 0.2) is 0 Å². The SMILES string of the molecule is CC(=O)N(CC(F)(F)F)[C@@H](C)[C@H]1CC[C@@H](c2cccc(Cl)c2)N1. The van der Waals surface area contributed by atoms with Gasteiger partial charge < -0.3 is 10.2 Å². The number of alkyl halides is 3. The second kappa shape index (κ2) is 7.09. The van der Waals surface area contributed by atoms with Gasteiger partial charge in [-0.2, -0.15) is 13.2 Å². The van der Waals surface area contributed by atoms with Crippen molar-refractivity contribution in [1.82, 2.24) is 10.2 Å². The van der Waals surface area contributed by atoms with Gasteiger partial charge in [-0.05, 0) is 37.5 Å². The van der Waals surface area contributed by atoms with Crippen molar-refractivity contribution in [2.45, 2.75) is 51.0 Å². The summed E-state index contributed by atoms with van der Waals surface area (Å²) in [6.45, 7) is 1.61. The first kappa shape index (κ1) is 18.1. The Morgan fingerprint density at radius 1 is 1.43 bits per heavy atom. The molecule has 1 amide bonds. The minimum Gasteiger partial charge on any atom is -0.330 e. The molecule has 128 valence electrons. The molecule has 1 fully saturated rings. The van der Waals surface area contributed by atoms with Crippen LogP contribution in [0.1, 0.15) is 38.3 Å².